The Hall–Kier alpha value is -2.74. The number of hydrogen-bond donors (Lipinski definition) is 1. The van der Waals surface area contributed by atoms with E-state index >= 15 is 0 Å². The molecule has 1 aromatic carbocycles. The molecule has 0 aliphatic carbocycles. The highest BCUT2D eigenvalue weighted by molar-refractivity contribution is 7.98. The van der Waals surface area contributed by atoms with Gasteiger partial charge in [-0.2, -0.15) is 0 Å². The molecule has 0 fully saturated rings. The Labute approximate surface area is 161 Å². The van der Waals surface area contributed by atoms with E-state index < -0.39 is 24.4 Å². The van der Waals surface area contributed by atoms with Crippen molar-refractivity contribution in [2.45, 2.75) is 31.8 Å². The number of aryl methyl sites for hydroxylation is 2. The third-order valence-corrected chi connectivity index (χ3v) is 4.36. The van der Waals surface area contributed by atoms with E-state index in [-0.39, 0.29) is 6.42 Å². The Morgan fingerprint density at radius 3 is 2.30 bits per heavy atom. The third kappa shape index (κ3) is 6.18. The summed E-state index contributed by atoms with van der Waals surface area (Å²) in [5, 5.41) is 2.87. The highest BCUT2D eigenvalue weighted by atomic mass is 32.2. The maximum absolute atomic E-state index is 11.9. The summed E-state index contributed by atoms with van der Waals surface area (Å²) in [6.07, 6.45) is 2.43. The lowest BCUT2D eigenvalue weighted by molar-refractivity contribution is -0.148. The molecule has 0 unspecified atom stereocenters. The first-order valence-corrected chi connectivity index (χ1v) is 9.56. The summed E-state index contributed by atoms with van der Waals surface area (Å²) >= 11 is 1.46. The molecule has 2 amide bonds. The number of carbonyl (C=O) groups is 3. The van der Waals surface area contributed by atoms with Crippen LogP contribution >= 0.6 is 11.8 Å². The quantitative estimate of drug-likeness (QED) is 0.442. The molecule has 27 heavy (non-hydrogen) atoms. The molecule has 142 valence electrons. The van der Waals surface area contributed by atoms with E-state index in [9.17, 15) is 14.4 Å². The zero-order valence-electron chi connectivity index (χ0n) is 15.4. The number of nitrogens with one attached hydrogen (secondary N) is 1. The van der Waals surface area contributed by atoms with Crippen LogP contribution in [0.2, 0.25) is 0 Å². The van der Waals surface area contributed by atoms with Crippen LogP contribution in [0, 0.1) is 13.8 Å². The van der Waals surface area contributed by atoms with Crippen LogP contribution in [-0.4, -0.2) is 40.6 Å². The monoisotopic (exact) mass is 387 g/mol. The van der Waals surface area contributed by atoms with E-state index in [4.69, 9.17) is 4.74 Å². The van der Waals surface area contributed by atoms with Gasteiger partial charge in [0.2, 0.25) is 0 Å². The van der Waals surface area contributed by atoms with E-state index in [0.29, 0.717) is 17.1 Å². The number of carbonyl (C=O) groups excluding carboxylic acids is 3. The van der Waals surface area contributed by atoms with E-state index in [1.54, 1.807) is 30.3 Å². The molecule has 7 nitrogen and oxygen atoms in total. The van der Waals surface area contributed by atoms with Crippen LogP contribution in [0.3, 0.4) is 0 Å². The van der Waals surface area contributed by atoms with Crippen molar-refractivity contribution in [3.63, 3.8) is 0 Å². The van der Waals surface area contributed by atoms with Crippen LogP contribution in [0.4, 0.5) is 0 Å². The van der Waals surface area contributed by atoms with Crippen molar-refractivity contribution in [2.75, 3.05) is 12.9 Å². The molecule has 0 spiro atoms. The van der Waals surface area contributed by atoms with E-state index in [1.807, 2.05) is 20.1 Å². The van der Waals surface area contributed by atoms with Gasteiger partial charge in [-0.1, -0.05) is 30.0 Å². The number of nitrogens with zero attached hydrogens (tertiary/aromatic N) is 2. The van der Waals surface area contributed by atoms with Gasteiger partial charge in [0.1, 0.15) is 0 Å². The number of aromatic nitrogens is 2. The van der Waals surface area contributed by atoms with Gasteiger partial charge >= 0.3 is 5.97 Å². The number of hydrogen-bond acceptors (Lipinski definition) is 7. The Balaban J connectivity index is 1.79. The summed E-state index contributed by atoms with van der Waals surface area (Å²) in [4.78, 5) is 44.2. The zero-order chi connectivity index (χ0) is 19.8. The Morgan fingerprint density at radius 1 is 1.07 bits per heavy atom. The van der Waals surface area contributed by atoms with Gasteiger partial charge in [-0.3, -0.25) is 19.7 Å². The average Bonchev–Trinajstić information content (AvgIpc) is 2.66. The van der Waals surface area contributed by atoms with Gasteiger partial charge in [-0.25, -0.2) is 9.97 Å². The van der Waals surface area contributed by atoms with Crippen molar-refractivity contribution in [3.8, 4) is 0 Å². The van der Waals surface area contributed by atoms with E-state index in [2.05, 4.69) is 15.3 Å². The Kier molecular flexibility index (Phi) is 7.48. The maximum Gasteiger partial charge on any atom is 0.306 e. The molecule has 0 radical (unpaired) electrons. The van der Waals surface area contributed by atoms with Crippen molar-refractivity contribution in [1.82, 2.24) is 15.3 Å². The van der Waals surface area contributed by atoms with Gasteiger partial charge in [-0.05, 0) is 44.2 Å². The fraction of sp³-hybridized carbons (Fsp3) is 0.316. The number of ether oxygens (including phenoxy) is 1. The summed E-state index contributed by atoms with van der Waals surface area (Å²) in [5.74, 6) is -1.73. The SMILES string of the molecule is CSc1nc(C)c(CCC(=O)OCC(=O)NC(=O)c2ccccc2)c(C)n1. The third-order valence-electron chi connectivity index (χ3n) is 3.82. The molecule has 0 saturated carbocycles. The normalized spacial score (nSPS) is 10.3. The van der Waals surface area contributed by atoms with Crippen molar-refractivity contribution < 1.29 is 19.1 Å². The number of amides is 2. The summed E-state index contributed by atoms with van der Waals surface area (Å²) < 4.78 is 4.94. The first-order valence-electron chi connectivity index (χ1n) is 8.33. The second kappa shape index (κ2) is 9.82. The van der Waals surface area contributed by atoms with Crippen molar-refractivity contribution in [2.24, 2.45) is 0 Å². The van der Waals surface area contributed by atoms with Crippen LogP contribution in [-0.2, 0) is 20.7 Å². The molecule has 0 saturated heterocycles. The van der Waals surface area contributed by atoms with Crippen LogP contribution < -0.4 is 5.32 Å². The molecule has 1 aromatic heterocycles. The van der Waals surface area contributed by atoms with Gasteiger partial charge in [0, 0.05) is 23.4 Å². The zero-order valence-corrected chi connectivity index (χ0v) is 16.3. The number of rotatable bonds is 7. The van der Waals surface area contributed by atoms with Gasteiger partial charge in [0.05, 0.1) is 0 Å². The van der Waals surface area contributed by atoms with Crippen molar-refractivity contribution in [1.29, 1.82) is 0 Å². The molecule has 1 N–H and O–H groups in total. The molecule has 0 bridgehead atoms. The second-order valence-corrected chi connectivity index (χ2v) is 6.54. The van der Waals surface area contributed by atoms with Crippen LogP contribution in [0.15, 0.2) is 35.5 Å². The number of thioether (sulfide) groups is 1. The summed E-state index contributed by atoms with van der Waals surface area (Å²) in [5.41, 5.74) is 2.90. The van der Waals surface area contributed by atoms with Gasteiger partial charge in [-0.15, -0.1) is 0 Å². The molecule has 2 rings (SSSR count). The lowest BCUT2D eigenvalue weighted by Gasteiger charge is -2.10. The van der Waals surface area contributed by atoms with Crippen LogP contribution in [0.25, 0.3) is 0 Å². The fourth-order valence-electron chi connectivity index (χ4n) is 2.43. The first-order chi connectivity index (χ1) is 12.9. The smallest absolute Gasteiger partial charge is 0.306 e. The maximum atomic E-state index is 11.9. The number of esters is 1. The van der Waals surface area contributed by atoms with Gasteiger partial charge in [0.15, 0.2) is 11.8 Å². The summed E-state index contributed by atoms with van der Waals surface area (Å²) in [6, 6.07) is 8.33. The molecule has 0 aliphatic heterocycles. The number of imide groups is 1. The molecular formula is C19H21N3O4S. The molecule has 8 heteroatoms. The first kappa shape index (κ1) is 20.6. The van der Waals surface area contributed by atoms with Crippen molar-refractivity contribution >= 4 is 29.5 Å². The second-order valence-electron chi connectivity index (χ2n) is 5.76. The highest BCUT2D eigenvalue weighted by Crippen LogP contribution is 2.17. The van der Waals surface area contributed by atoms with Crippen LogP contribution in [0.5, 0.6) is 0 Å². The lowest BCUT2D eigenvalue weighted by Crippen LogP contribution is -2.34. The lowest BCUT2D eigenvalue weighted by atomic mass is 10.1. The summed E-state index contributed by atoms with van der Waals surface area (Å²) in [7, 11) is 0. The highest BCUT2D eigenvalue weighted by Gasteiger charge is 2.14. The topological polar surface area (TPSA) is 98.2 Å². The molecule has 0 atom stereocenters. The fourth-order valence-corrected chi connectivity index (χ4v) is 2.89. The minimum Gasteiger partial charge on any atom is -0.456 e. The molecular weight excluding hydrogens is 366 g/mol. The Morgan fingerprint density at radius 2 is 1.70 bits per heavy atom. The minimum atomic E-state index is -0.669. The van der Waals surface area contributed by atoms with E-state index in [1.165, 1.54) is 11.8 Å². The van der Waals surface area contributed by atoms with Gasteiger partial charge < -0.3 is 4.74 Å². The number of benzene rings is 1. The largest absolute Gasteiger partial charge is 0.456 e. The molecule has 2 aromatic rings. The minimum absolute atomic E-state index is 0.101. The molecule has 0 aliphatic rings. The predicted molar refractivity (Wildman–Crippen MR) is 101 cm³/mol. The van der Waals surface area contributed by atoms with Gasteiger partial charge in [0.25, 0.3) is 11.8 Å². The average molecular weight is 387 g/mol. The summed E-state index contributed by atoms with van der Waals surface area (Å²) in [6.45, 7) is 3.24. The Bertz CT molecular complexity index is 817. The predicted octanol–water partition coefficient (Wildman–Crippen LogP) is 2.25. The standard InChI is InChI=1S/C19H21N3O4S/c1-12-15(13(2)21-19(20-12)27-3)9-10-17(24)26-11-16(23)22-18(25)14-7-5-4-6-8-14/h4-8H,9-11H2,1-3H3,(H,22,23,25). The molecule has 1 heterocycles. The van der Waals surface area contributed by atoms with E-state index in [0.717, 1.165) is 17.0 Å². The van der Waals surface area contributed by atoms with Crippen LogP contribution in [0.1, 0.15) is 33.7 Å². The van der Waals surface area contributed by atoms with Crippen molar-refractivity contribution in [3.05, 3.63) is 52.8 Å².